The Bertz CT molecular complexity index is 481. The average Bonchev–Trinajstić information content (AvgIpc) is 2.42. The quantitative estimate of drug-likeness (QED) is 0.845. The van der Waals surface area contributed by atoms with E-state index in [0.717, 1.165) is 5.56 Å². The second-order valence-electron chi connectivity index (χ2n) is 6.00. The van der Waals surface area contributed by atoms with Gasteiger partial charge >= 0.3 is 0 Å². The van der Waals surface area contributed by atoms with Crippen LogP contribution in [0.4, 0.5) is 0 Å². The third-order valence-corrected chi connectivity index (χ3v) is 2.99. The average molecular weight is 294 g/mol. The number of hydrogen-bond acceptors (Lipinski definition) is 4. The summed E-state index contributed by atoms with van der Waals surface area (Å²) in [5.41, 5.74) is 0.720. The molecule has 0 bridgehead atoms. The van der Waals surface area contributed by atoms with Gasteiger partial charge in [0.05, 0.1) is 7.11 Å². The summed E-state index contributed by atoms with van der Waals surface area (Å²) in [4.78, 5) is 11.9. The van der Waals surface area contributed by atoms with E-state index in [4.69, 9.17) is 9.47 Å². The molecule has 21 heavy (non-hydrogen) atoms. The summed E-state index contributed by atoms with van der Waals surface area (Å²) in [6.07, 6.45) is 0. The Morgan fingerprint density at radius 1 is 1.33 bits per heavy atom. The number of methoxy groups -OCH3 is 1. The Balaban J connectivity index is 2.82. The predicted molar refractivity (Wildman–Crippen MR) is 83.9 cm³/mol. The van der Waals surface area contributed by atoms with E-state index in [1.54, 1.807) is 13.2 Å². The Labute approximate surface area is 127 Å². The number of hydrogen-bond donors (Lipinski definition) is 2. The maximum absolute atomic E-state index is 11.9. The standard InChI is InChI=1S/C16H26N2O3/c1-11(17-5)13-8-7-12(20-6)9-14(13)21-10-15(19)18-16(2,3)4/h7-9,11,17H,10H2,1-6H3,(H,18,19). The first-order valence-corrected chi connectivity index (χ1v) is 7.06. The van der Waals surface area contributed by atoms with Crippen LogP contribution in [-0.2, 0) is 4.79 Å². The van der Waals surface area contributed by atoms with Gasteiger partial charge < -0.3 is 20.1 Å². The maximum Gasteiger partial charge on any atom is 0.258 e. The van der Waals surface area contributed by atoms with Gasteiger partial charge in [-0.05, 0) is 40.8 Å². The molecular weight excluding hydrogens is 268 g/mol. The van der Waals surface area contributed by atoms with Crippen molar-refractivity contribution < 1.29 is 14.3 Å². The van der Waals surface area contributed by atoms with E-state index < -0.39 is 0 Å². The van der Waals surface area contributed by atoms with Crippen LogP contribution in [0.2, 0.25) is 0 Å². The fourth-order valence-corrected chi connectivity index (χ4v) is 1.88. The molecule has 1 aromatic rings. The zero-order valence-electron chi connectivity index (χ0n) is 13.7. The summed E-state index contributed by atoms with van der Waals surface area (Å²) >= 11 is 0. The van der Waals surface area contributed by atoms with Gasteiger partial charge in [0, 0.05) is 23.2 Å². The van der Waals surface area contributed by atoms with Gasteiger partial charge in [-0.3, -0.25) is 4.79 Å². The second-order valence-corrected chi connectivity index (χ2v) is 6.00. The van der Waals surface area contributed by atoms with Crippen LogP contribution in [0.15, 0.2) is 18.2 Å². The van der Waals surface area contributed by atoms with Crippen LogP contribution >= 0.6 is 0 Å². The minimum atomic E-state index is -0.268. The molecule has 1 unspecified atom stereocenters. The molecule has 0 aromatic heterocycles. The van der Waals surface area contributed by atoms with Gasteiger partial charge in [-0.1, -0.05) is 6.07 Å². The molecule has 1 amide bonds. The molecule has 5 nitrogen and oxygen atoms in total. The number of rotatable bonds is 6. The summed E-state index contributed by atoms with van der Waals surface area (Å²) in [6, 6.07) is 5.74. The molecule has 1 aromatic carbocycles. The molecule has 2 N–H and O–H groups in total. The van der Waals surface area contributed by atoms with Crippen molar-refractivity contribution >= 4 is 5.91 Å². The third-order valence-electron chi connectivity index (χ3n) is 2.99. The molecule has 0 fully saturated rings. The zero-order chi connectivity index (χ0) is 16.0. The largest absolute Gasteiger partial charge is 0.497 e. The van der Waals surface area contributed by atoms with E-state index >= 15 is 0 Å². The minimum absolute atomic E-state index is 0.0200. The molecule has 0 saturated carbocycles. The first kappa shape index (κ1) is 17.3. The molecule has 0 aliphatic rings. The number of carbonyl (C=O) groups excluding carboxylic acids is 1. The van der Waals surface area contributed by atoms with Crippen molar-refractivity contribution in [3.8, 4) is 11.5 Å². The molecule has 118 valence electrons. The van der Waals surface area contributed by atoms with Crippen LogP contribution < -0.4 is 20.1 Å². The molecule has 0 aliphatic heterocycles. The zero-order valence-corrected chi connectivity index (χ0v) is 13.7. The maximum atomic E-state index is 11.9. The van der Waals surface area contributed by atoms with E-state index in [-0.39, 0.29) is 24.1 Å². The van der Waals surface area contributed by atoms with E-state index in [0.29, 0.717) is 11.5 Å². The number of amides is 1. The summed E-state index contributed by atoms with van der Waals surface area (Å²) in [7, 11) is 3.48. The molecule has 0 radical (unpaired) electrons. The van der Waals surface area contributed by atoms with Gasteiger partial charge in [0.15, 0.2) is 6.61 Å². The molecule has 5 heteroatoms. The Morgan fingerprint density at radius 3 is 2.52 bits per heavy atom. The van der Waals surface area contributed by atoms with Gasteiger partial charge in [-0.25, -0.2) is 0 Å². The number of benzene rings is 1. The van der Waals surface area contributed by atoms with Crippen LogP contribution in [0.1, 0.15) is 39.3 Å². The fourth-order valence-electron chi connectivity index (χ4n) is 1.88. The van der Waals surface area contributed by atoms with Gasteiger partial charge in [-0.15, -0.1) is 0 Å². The normalized spacial score (nSPS) is 12.7. The van der Waals surface area contributed by atoms with Crippen molar-refractivity contribution in [3.05, 3.63) is 23.8 Å². The highest BCUT2D eigenvalue weighted by Crippen LogP contribution is 2.29. The van der Waals surface area contributed by atoms with Crippen LogP contribution in [0.3, 0.4) is 0 Å². The fraction of sp³-hybridized carbons (Fsp3) is 0.562. The van der Waals surface area contributed by atoms with E-state index in [9.17, 15) is 4.79 Å². The van der Waals surface area contributed by atoms with Crippen molar-refractivity contribution in [1.29, 1.82) is 0 Å². The Hall–Kier alpha value is -1.75. The summed E-state index contributed by atoms with van der Waals surface area (Å²) in [5, 5.41) is 6.03. The van der Waals surface area contributed by atoms with Crippen LogP contribution in [-0.4, -0.2) is 32.2 Å². The van der Waals surface area contributed by atoms with Crippen molar-refractivity contribution in [3.63, 3.8) is 0 Å². The van der Waals surface area contributed by atoms with Crippen LogP contribution in [0.25, 0.3) is 0 Å². The van der Waals surface area contributed by atoms with Crippen molar-refractivity contribution in [2.45, 2.75) is 39.3 Å². The highest BCUT2D eigenvalue weighted by Gasteiger charge is 2.16. The Kier molecular flexibility index (Phi) is 6.03. The lowest BCUT2D eigenvalue weighted by molar-refractivity contribution is -0.124. The summed E-state index contributed by atoms with van der Waals surface area (Å²) in [5.74, 6) is 1.21. The third kappa shape index (κ3) is 5.63. The molecule has 0 heterocycles. The molecule has 0 saturated heterocycles. The number of carbonyl (C=O) groups is 1. The smallest absolute Gasteiger partial charge is 0.258 e. The van der Waals surface area contributed by atoms with Crippen molar-refractivity contribution in [2.24, 2.45) is 0 Å². The molecule has 0 spiro atoms. The first-order valence-electron chi connectivity index (χ1n) is 7.06. The minimum Gasteiger partial charge on any atom is -0.497 e. The number of ether oxygens (including phenoxy) is 2. The molecule has 0 aliphatic carbocycles. The molecular formula is C16H26N2O3. The van der Waals surface area contributed by atoms with E-state index in [1.165, 1.54) is 0 Å². The lowest BCUT2D eigenvalue weighted by atomic mass is 10.1. The molecule has 1 atom stereocenters. The van der Waals surface area contributed by atoms with E-state index in [2.05, 4.69) is 10.6 Å². The van der Waals surface area contributed by atoms with E-state index in [1.807, 2.05) is 46.9 Å². The molecule has 1 rings (SSSR count). The monoisotopic (exact) mass is 294 g/mol. The Morgan fingerprint density at radius 2 is 2.00 bits per heavy atom. The second kappa shape index (κ2) is 7.31. The van der Waals surface area contributed by atoms with Crippen LogP contribution in [0.5, 0.6) is 11.5 Å². The summed E-state index contributed by atoms with van der Waals surface area (Å²) in [6.45, 7) is 7.82. The van der Waals surface area contributed by atoms with Gasteiger partial charge in [-0.2, -0.15) is 0 Å². The lowest BCUT2D eigenvalue weighted by Gasteiger charge is -2.21. The highest BCUT2D eigenvalue weighted by molar-refractivity contribution is 5.78. The lowest BCUT2D eigenvalue weighted by Crippen LogP contribution is -2.43. The van der Waals surface area contributed by atoms with Crippen LogP contribution in [0, 0.1) is 0 Å². The SMILES string of the molecule is CNC(C)c1ccc(OC)cc1OCC(=O)NC(C)(C)C. The summed E-state index contributed by atoms with van der Waals surface area (Å²) < 4.78 is 10.9. The number of nitrogens with one attached hydrogen (secondary N) is 2. The van der Waals surface area contributed by atoms with Gasteiger partial charge in [0.1, 0.15) is 11.5 Å². The topological polar surface area (TPSA) is 59.6 Å². The van der Waals surface area contributed by atoms with Crippen molar-refractivity contribution in [1.82, 2.24) is 10.6 Å². The van der Waals surface area contributed by atoms with Gasteiger partial charge in [0.25, 0.3) is 5.91 Å². The first-order chi connectivity index (χ1) is 9.76. The highest BCUT2D eigenvalue weighted by atomic mass is 16.5. The van der Waals surface area contributed by atoms with Gasteiger partial charge in [0.2, 0.25) is 0 Å². The van der Waals surface area contributed by atoms with Crippen molar-refractivity contribution in [2.75, 3.05) is 20.8 Å². The predicted octanol–water partition coefficient (Wildman–Crippen LogP) is 2.27.